The number of aryl methyl sites for hydroxylation is 1. The number of nitrogens with one attached hydrogen (secondary N) is 1. The maximum absolute atomic E-state index is 6.95. The lowest BCUT2D eigenvalue weighted by molar-refractivity contribution is 0.431. The number of thiophene rings is 1. The van der Waals surface area contributed by atoms with Gasteiger partial charge in [-0.2, -0.15) is 0 Å². The highest BCUT2D eigenvalue weighted by Gasteiger charge is 2.52. The molecular formula is C53H40N2OS. The number of aliphatic imine (C=N–C) groups is 1. The standard InChI is InChI=1S/C53H40N2OS/c1-2-14-33(15-3-1)46-32-47(35-26-28-40-39-19-8-13-25-50(39)57-51(40)31-35)55-52(54-46)41-20-5-4-16-36(41)34-27-29-45-49(30-34)56-48-24-12-11-23-44(48)53(45)42-21-9-6-17-37(42)38-18-7-10-22-43(38)53/h1-3,5-7,9,11-15,17-18,20-21,23-32,52,54H,4,8,10,16,19,22H2. The van der Waals surface area contributed by atoms with Gasteiger partial charge in [0.25, 0.3) is 0 Å². The van der Waals surface area contributed by atoms with Gasteiger partial charge in [-0.15, -0.1) is 11.3 Å². The Kier molecular flexibility index (Phi) is 7.46. The predicted octanol–water partition coefficient (Wildman–Crippen LogP) is 13.0. The van der Waals surface area contributed by atoms with Crippen LogP contribution in [0.5, 0.6) is 11.5 Å². The quantitative estimate of drug-likeness (QED) is 0.195. The first-order valence-corrected chi connectivity index (χ1v) is 21.2. The average Bonchev–Trinajstić information content (AvgIpc) is 3.80. The van der Waals surface area contributed by atoms with E-state index in [1.54, 1.807) is 0 Å². The monoisotopic (exact) mass is 752 g/mol. The van der Waals surface area contributed by atoms with E-state index < -0.39 is 0 Å². The minimum absolute atomic E-state index is 0.255. The summed E-state index contributed by atoms with van der Waals surface area (Å²) < 4.78 is 8.28. The van der Waals surface area contributed by atoms with Crippen molar-refractivity contribution in [3.8, 4) is 11.5 Å². The van der Waals surface area contributed by atoms with Crippen LogP contribution in [-0.4, -0.2) is 11.9 Å². The van der Waals surface area contributed by atoms with Crippen molar-refractivity contribution in [2.24, 2.45) is 4.99 Å². The van der Waals surface area contributed by atoms with Gasteiger partial charge in [-0.1, -0.05) is 127 Å². The molecule has 0 fully saturated rings. The fraction of sp³-hybridized carbons (Fsp3) is 0.151. The van der Waals surface area contributed by atoms with Crippen LogP contribution in [0.15, 0.2) is 168 Å². The lowest BCUT2D eigenvalue weighted by Crippen LogP contribution is -2.34. The van der Waals surface area contributed by atoms with E-state index in [0.29, 0.717) is 0 Å². The Labute approximate surface area is 337 Å². The Hall–Kier alpha value is -6.23. The lowest BCUT2D eigenvalue weighted by atomic mass is 9.64. The molecule has 12 rings (SSSR count). The Morgan fingerprint density at radius 1 is 0.649 bits per heavy atom. The van der Waals surface area contributed by atoms with Crippen molar-refractivity contribution < 1.29 is 4.74 Å². The average molecular weight is 753 g/mol. The molecule has 1 aromatic heterocycles. The first kappa shape index (κ1) is 33.0. The zero-order valence-corrected chi connectivity index (χ0v) is 32.4. The van der Waals surface area contributed by atoms with E-state index in [1.165, 1.54) is 70.6 Å². The summed E-state index contributed by atoms with van der Waals surface area (Å²) in [5.74, 6) is 1.89. The van der Waals surface area contributed by atoms with Gasteiger partial charge in [-0.3, -0.25) is 4.99 Å². The summed E-state index contributed by atoms with van der Waals surface area (Å²) >= 11 is 1.90. The molecule has 0 amide bonds. The van der Waals surface area contributed by atoms with E-state index in [1.807, 2.05) is 11.3 Å². The number of allylic oxidation sites excluding steroid dienone is 8. The molecule has 0 saturated carbocycles. The van der Waals surface area contributed by atoms with Crippen LogP contribution in [0.4, 0.5) is 0 Å². The molecule has 4 aliphatic carbocycles. The van der Waals surface area contributed by atoms with E-state index >= 15 is 0 Å². The maximum atomic E-state index is 6.95. The van der Waals surface area contributed by atoms with Gasteiger partial charge in [-0.25, -0.2) is 0 Å². The van der Waals surface area contributed by atoms with E-state index in [2.05, 4.69) is 163 Å². The van der Waals surface area contributed by atoms with Crippen LogP contribution in [0.25, 0.3) is 33.0 Å². The number of rotatable bonds is 4. The zero-order valence-electron chi connectivity index (χ0n) is 31.6. The van der Waals surface area contributed by atoms with Gasteiger partial charge in [0.05, 0.1) is 11.1 Å². The van der Waals surface area contributed by atoms with Crippen LogP contribution in [0.3, 0.4) is 0 Å². The number of para-hydroxylation sites is 1. The second kappa shape index (κ2) is 12.9. The van der Waals surface area contributed by atoms with Crippen molar-refractivity contribution in [3.63, 3.8) is 0 Å². The third kappa shape index (κ3) is 5.00. The van der Waals surface area contributed by atoms with Crippen molar-refractivity contribution in [2.45, 2.75) is 50.1 Å². The van der Waals surface area contributed by atoms with Gasteiger partial charge in [0.15, 0.2) is 0 Å². The molecule has 0 bridgehead atoms. The molecule has 5 aromatic carbocycles. The van der Waals surface area contributed by atoms with Crippen molar-refractivity contribution >= 4 is 50.1 Å². The summed E-state index contributed by atoms with van der Waals surface area (Å²) in [6, 6.07) is 42.4. The van der Waals surface area contributed by atoms with Gasteiger partial charge in [0.1, 0.15) is 17.7 Å². The fourth-order valence-corrected chi connectivity index (χ4v) is 11.6. The molecule has 0 saturated heterocycles. The number of fused-ring (bicyclic) bond motifs is 11. The van der Waals surface area contributed by atoms with E-state index in [4.69, 9.17) is 9.73 Å². The molecule has 274 valence electrons. The molecule has 2 unspecified atom stereocenters. The normalized spacial score (nSPS) is 21.3. The predicted molar refractivity (Wildman–Crippen MR) is 237 cm³/mol. The second-order valence-electron chi connectivity index (χ2n) is 15.9. The van der Waals surface area contributed by atoms with Gasteiger partial charge in [0.2, 0.25) is 0 Å². The van der Waals surface area contributed by atoms with Gasteiger partial charge < -0.3 is 10.1 Å². The number of nitrogens with zero attached hydrogens (tertiary/aromatic N) is 1. The second-order valence-corrected chi connectivity index (χ2v) is 17.0. The van der Waals surface area contributed by atoms with Crippen molar-refractivity contribution in [2.75, 3.05) is 0 Å². The summed E-state index contributed by atoms with van der Waals surface area (Å²) in [6.45, 7) is 0. The van der Waals surface area contributed by atoms with Crippen LogP contribution in [0, 0.1) is 0 Å². The van der Waals surface area contributed by atoms with Gasteiger partial charge in [0, 0.05) is 32.0 Å². The molecular weight excluding hydrogens is 713 g/mol. The summed E-state index contributed by atoms with van der Waals surface area (Å²) in [7, 11) is 0. The first-order valence-electron chi connectivity index (χ1n) is 20.4. The lowest BCUT2D eigenvalue weighted by Gasteiger charge is -2.41. The highest BCUT2D eigenvalue weighted by molar-refractivity contribution is 7.20. The summed E-state index contributed by atoms with van der Waals surface area (Å²) in [5.41, 5.74) is 17.3. The highest BCUT2D eigenvalue weighted by atomic mass is 32.1. The minimum atomic E-state index is -0.387. The third-order valence-electron chi connectivity index (χ3n) is 12.9. The van der Waals surface area contributed by atoms with Crippen molar-refractivity contribution in [1.82, 2.24) is 5.32 Å². The zero-order chi connectivity index (χ0) is 37.5. The molecule has 6 aromatic rings. The third-order valence-corrected chi connectivity index (χ3v) is 14.0. The largest absolute Gasteiger partial charge is 0.457 e. The fourth-order valence-electron chi connectivity index (χ4n) is 10.4. The highest BCUT2D eigenvalue weighted by Crippen LogP contribution is 2.63. The molecule has 3 nitrogen and oxygen atoms in total. The number of hydrogen-bond donors (Lipinski definition) is 1. The van der Waals surface area contributed by atoms with Crippen molar-refractivity contribution in [3.05, 3.63) is 212 Å². The van der Waals surface area contributed by atoms with E-state index in [9.17, 15) is 0 Å². The molecule has 2 atom stereocenters. The SMILES string of the molecule is C1=CC(C2N=C(c3ccc4c5c(sc4c3)C=CCC5)C=C(c3ccccc3)N2)=C(c2ccc3c(c2)Oc2ccccc2C32C3=C(C=CCC3)c3ccccc32)CC1. The minimum Gasteiger partial charge on any atom is -0.457 e. The summed E-state index contributed by atoms with van der Waals surface area (Å²) in [5, 5.41) is 5.27. The van der Waals surface area contributed by atoms with Crippen LogP contribution in [-0.2, 0) is 11.8 Å². The molecule has 1 N–H and O–H groups in total. The smallest absolute Gasteiger partial charge is 0.145 e. The molecule has 6 aliphatic rings. The summed E-state index contributed by atoms with van der Waals surface area (Å²) in [6.07, 6.45) is 22.1. The topological polar surface area (TPSA) is 33.6 Å². The van der Waals surface area contributed by atoms with Crippen LogP contribution in [0.2, 0.25) is 0 Å². The molecule has 4 heteroatoms. The molecule has 3 heterocycles. The van der Waals surface area contributed by atoms with Crippen molar-refractivity contribution in [1.29, 1.82) is 0 Å². The van der Waals surface area contributed by atoms with Gasteiger partial charge in [-0.05, 0) is 124 Å². The summed E-state index contributed by atoms with van der Waals surface area (Å²) in [4.78, 5) is 6.93. The Morgan fingerprint density at radius 2 is 1.42 bits per heavy atom. The van der Waals surface area contributed by atoms with Crippen LogP contribution < -0.4 is 10.1 Å². The Morgan fingerprint density at radius 3 is 2.37 bits per heavy atom. The maximum Gasteiger partial charge on any atom is 0.145 e. The van der Waals surface area contributed by atoms with Crippen LogP contribution in [0.1, 0.15) is 81.5 Å². The number of hydrogen-bond acceptors (Lipinski definition) is 4. The molecule has 0 radical (unpaired) electrons. The van der Waals surface area contributed by atoms with E-state index in [0.717, 1.165) is 72.6 Å². The van der Waals surface area contributed by atoms with E-state index in [-0.39, 0.29) is 11.6 Å². The molecule has 1 spiro atoms. The molecule has 57 heavy (non-hydrogen) atoms. The number of ether oxygens (including phenoxy) is 1. The van der Waals surface area contributed by atoms with Crippen LogP contribution >= 0.6 is 11.3 Å². The Balaban J connectivity index is 1.00. The molecule has 2 aliphatic heterocycles. The Bertz CT molecular complexity index is 2910. The number of benzene rings is 5. The first-order chi connectivity index (χ1) is 28.2. The van der Waals surface area contributed by atoms with Gasteiger partial charge >= 0.3 is 0 Å².